The molecule has 0 aromatic heterocycles. The SMILES string of the molecule is CN=C(NCc1ccc(S(=O)(=O)NC)cc1)N1CCC2(CCCC2)C1. The lowest BCUT2D eigenvalue weighted by Crippen LogP contribution is -2.40. The first kappa shape index (κ1) is 18.2. The van der Waals surface area contributed by atoms with Crippen LogP contribution >= 0.6 is 0 Å². The van der Waals surface area contributed by atoms with Gasteiger partial charge >= 0.3 is 0 Å². The van der Waals surface area contributed by atoms with Gasteiger partial charge in [0.2, 0.25) is 10.0 Å². The van der Waals surface area contributed by atoms with Crippen molar-refractivity contribution < 1.29 is 8.42 Å². The van der Waals surface area contributed by atoms with Crippen molar-refractivity contribution in [1.82, 2.24) is 14.9 Å². The third-order valence-corrected chi connectivity index (χ3v) is 7.00. The predicted molar refractivity (Wildman–Crippen MR) is 100.0 cm³/mol. The maximum absolute atomic E-state index is 11.8. The number of nitrogens with zero attached hydrogens (tertiary/aromatic N) is 2. The number of likely N-dealkylation sites (tertiary alicyclic amines) is 1. The summed E-state index contributed by atoms with van der Waals surface area (Å²) in [6.07, 6.45) is 6.69. The van der Waals surface area contributed by atoms with Gasteiger partial charge < -0.3 is 10.2 Å². The maximum atomic E-state index is 11.8. The summed E-state index contributed by atoms with van der Waals surface area (Å²) in [6.45, 7) is 2.81. The van der Waals surface area contributed by atoms with E-state index in [1.807, 2.05) is 19.2 Å². The first-order chi connectivity index (χ1) is 12.0. The van der Waals surface area contributed by atoms with Gasteiger partial charge in [-0.05, 0) is 49.4 Å². The first-order valence-corrected chi connectivity index (χ1v) is 10.4. The molecule has 0 bridgehead atoms. The molecular formula is C18H28N4O2S. The second-order valence-electron chi connectivity index (χ2n) is 7.13. The first-order valence-electron chi connectivity index (χ1n) is 8.96. The van der Waals surface area contributed by atoms with Crippen LogP contribution in [0.2, 0.25) is 0 Å². The van der Waals surface area contributed by atoms with E-state index in [2.05, 4.69) is 19.9 Å². The maximum Gasteiger partial charge on any atom is 0.240 e. The van der Waals surface area contributed by atoms with E-state index in [4.69, 9.17) is 0 Å². The molecule has 3 rings (SSSR count). The van der Waals surface area contributed by atoms with Crippen LogP contribution in [0.3, 0.4) is 0 Å². The summed E-state index contributed by atoms with van der Waals surface area (Å²) in [5.74, 6) is 0.940. The molecule has 25 heavy (non-hydrogen) atoms. The smallest absolute Gasteiger partial charge is 0.240 e. The molecule has 1 spiro atoms. The highest BCUT2D eigenvalue weighted by atomic mass is 32.2. The van der Waals surface area contributed by atoms with Crippen LogP contribution < -0.4 is 10.0 Å². The van der Waals surface area contributed by atoms with Crippen LogP contribution in [0.25, 0.3) is 0 Å². The Morgan fingerprint density at radius 2 is 1.88 bits per heavy atom. The lowest BCUT2D eigenvalue weighted by atomic mass is 9.86. The third kappa shape index (κ3) is 3.98. The highest BCUT2D eigenvalue weighted by Crippen LogP contribution is 2.45. The zero-order valence-corrected chi connectivity index (χ0v) is 15.9. The Balaban J connectivity index is 1.59. The van der Waals surface area contributed by atoms with Crippen molar-refractivity contribution >= 4 is 16.0 Å². The van der Waals surface area contributed by atoms with Crippen LogP contribution in [0.4, 0.5) is 0 Å². The van der Waals surface area contributed by atoms with E-state index in [1.165, 1.54) is 39.2 Å². The average molecular weight is 365 g/mol. The molecule has 0 atom stereocenters. The summed E-state index contributed by atoms with van der Waals surface area (Å²) in [6, 6.07) is 6.95. The average Bonchev–Trinajstić information content (AvgIpc) is 3.26. The molecule has 1 aromatic rings. The number of aliphatic imine (C=N–C) groups is 1. The summed E-state index contributed by atoms with van der Waals surface area (Å²) in [5, 5.41) is 3.42. The van der Waals surface area contributed by atoms with E-state index in [0.29, 0.717) is 12.0 Å². The fourth-order valence-electron chi connectivity index (χ4n) is 4.07. The van der Waals surface area contributed by atoms with E-state index in [0.717, 1.165) is 24.6 Å². The summed E-state index contributed by atoms with van der Waals surface area (Å²) >= 11 is 0. The number of rotatable bonds is 4. The van der Waals surface area contributed by atoms with Crippen molar-refractivity contribution in [2.75, 3.05) is 27.2 Å². The number of hydrogen-bond donors (Lipinski definition) is 2. The Kier molecular flexibility index (Phi) is 5.34. The Morgan fingerprint density at radius 3 is 2.48 bits per heavy atom. The van der Waals surface area contributed by atoms with Gasteiger partial charge in [-0.1, -0.05) is 25.0 Å². The van der Waals surface area contributed by atoms with E-state index in [1.54, 1.807) is 12.1 Å². The molecule has 0 radical (unpaired) electrons. The van der Waals surface area contributed by atoms with Crippen molar-refractivity contribution in [3.63, 3.8) is 0 Å². The van der Waals surface area contributed by atoms with Gasteiger partial charge in [-0.3, -0.25) is 4.99 Å². The zero-order chi connectivity index (χ0) is 17.9. The van der Waals surface area contributed by atoms with Crippen LogP contribution in [0.1, 0.15) is 37.7 Å². The predicted octanol–water partition coefficient (Wildman–Crippen LogP) is 1.94. The number of hydrogen-bond acceptors (Lipinski definition) is 3. The molecule has 1 aromatic carbocycles. The Hall–Kier alpha value is -1.60. The van der Waals surface area contributed by atoms with Crippen molar-refractivity contribution in [2.24, 2.45) is 10.4 Å². The van der Waals surface area contributed by atoms with Crippen LogP contribution in [-0.2, 0) is 16.6 Å². The topological polar surface area (TPSA) is 73.8 Å². The quantitative estimate of drug-likeness (QED) is 0.632. The molecule has 1 aliphatic carbocycles. The minimum absolute atomic E-state index is 0.283. The van der Waals surface area contributed by atoms with Gasteiger partial charge in [-0.2, -0.15) is 0 Å². The number of benzene rings is 1. The summed E-state index contributed by atoms with van der Waals surface area (Å²) in [7, 11) is -0.137. The molecule has 138 valence electrons. The lowest BCUT2D eigenvalue weighted by Gasteiger charge is -2.26. The fraction of sp³-hybridized carbons (Fsp3) is 0.611. The minimum Gasteiger partial charge on any atom is -0.352 e. The van der Waals surface area contributed by atoms with Crippen LogP contribution in [-0.4, -0.2) is 46.5 Å². The molecule has 2 fully saturated rings. The second kappa shape index (κ2) is 7.33. The molecule has 1 aliphatic heterocycles. The highest BCUT2D eigenvalue weighted by Gasteiger charge is 2.41. The molecule has 2 N–H and O–H groups in total. The van der Waals surface area contributed by atoms with E-state index in [-0.39, 0.29) is 4.90 Å². The van der Waals surface area contributed by atoms with E-state index >= 15 is 0 Å². The van der Waals surface area contributed by atoms with Crippen molar-refractivity contribution in [2.45, 2.75) is 43.5 Å². The molecule has 1 saturated carbocycles. The molecule has 2 aliphatic rings. The molecular weight excluding hydrogens is 336 g/mol. The summed E-state index contributed by atoms with van der Waals surface area (Å²) < 4.78 is 25.9. The minimum atomic E-state index is -3.38. The number of sulfonamides is 1. The molecule has 1 saturated heterocycles. The van der Waals surface area contributed by atoms with Crippen LogP contribution in [0.5, 0.6) is 0 Å². The molecule has 0 amide bonds. The van der Waals surface area contributed by atoms with Gasteiger partial charge in [0.25, 0.3) is 0 Å². The fourth-order valence-corrected chi connectivity index (χ4v) is 4.80. The van der Waals surface area contributed by atoms with Gasteiger partial charge in [-0.25, -0.2) is 13.1 Å². The van der Waals surface area contributed by atoms with Gasteiger partial charge in [0.05, 0.1) is 4.90 Å². The van der Waals surface area contributed by atoms with Gasteiger partial charge in [0.1, 0.15) is 0 Å². The van der Waals surface area contributed by atoms with Gasteiger partial charge in [0, 0.05) is 26.7 Å². The van der Waals surface area contributed by atoms with Crippen LogP contribution in [0, 0.1) is 5.41 Å². The van der Waals surface area contributed by atoms with E-state index in [9.17, 15) is 8.42 Å². The van der Waals surface area contributed by atoms with Gasteiger partial charge in [0.15, 0.2) is 5.96 Å². The molecule has 7 heteroatoms. The molecule has 1 heterocycles. The standard InChI is InChI=1S/C18H28N4O2S/c1-19-17(22-12-11-18(14-22)9-3-4-10-18)21-13-15-5-7-16(8-6-15)25(23,24)20-2/h5-8,20H,3-4,9-14H2,1-2H3,(H,19,21). The Labute approximate surface area is 150 Å². The number of nitrogens with one attached hydrogen (secondary N) is 2. The Morgan fingerprint density at radius 1 is 1.20 bits per heavy atom. The van der Waals surface area contributed by atoms with Crippen molar-refractivity contribution in [3.8, 4) is 0 Å². The molecule has 0 unspecified atom stereocenters. The monoisotopic (exact) mass is 364 g/mol. The van der Waals surface area contributed by atoms with E-state index < -0.39 is 10.0 Å². The van der Waals surface area contributed by atoms with Crippen molar-refractivity contribution in [1.29, 1.82) is 0 Å². The second-order valence-corrected chi connectivity index (χ2v) is 9.02. The third-order valence-electron chi connectivity index (χ3n) is 5.57. The van der Waals surface area contributed by atoms with Crippen molar-refractivity contribution in [3.05, 3.63) is 29.8 Å². The van der Waals surface area contributed by atoms with Crippen LogP contribution in [0.15, 0.2) is 34.2 Å². The normalized spacial score (nSPS) is 20.4. The molecule has 6 nitrogen and oxygen atoms in total. The largest absolute Gasteiger partial charge is 0.352 e. The zero-order valence-electron chi connectivity index (χ0n) is 15.1. The highest BCUT2D eigenvalue weighted by molar-refractivity contribution is 7.89. The Bertz CT molecular complexity index is 722. The lowest BCUT2D eigenvalue weighted by molar-refractivity contribution is 0.309. The van der Waals surface area contributed by atoms with Gasteiger partial charge in [-0.15, -0.1) is 0 Å². The summed E-state index contributed by atoms with van der Waals surface area (Å²) in [4.78, 5) is 7.08. The summed E-state index contributed by atoms with van der Waals surface area (Å²) in [5.41, 5.74) is 1.55. The number of guanidine groups is 1.